The van der Waals surface area contributed by atoms with Gasteiger partial charge in [-0.05, 0) is 94.5 Å². The fourth-order valence-electron chi connectivity index (χ4n) is 5.95. The number of carboxylic acids is 1. The van der Waals surface area contributed by atoms with Gasteiger partial charge in [-0.25, -0.2) is 0 Å². The summed E-state index contributed by atoms with van der Waals surface area (Å²) >= 11 is 0. The van der Waals surface area contributed by atoms with Crippen LogP contribution < -0.4 is 38.5 Å². The van der Waals surface area contributed by atoms with E-state index in [1.54, 1.807) is 24.3 Å². The molecule has 4 amide bonds. The van der Waals surface area contributed by atoms with Crippen LogP contribution in [0.2, 0.25) is 0 Å². The molecule has 6 atom stereocenters. The smallest absolute Gasteiger partial charge is 0.306 e. The van der Waals surface area contributed by atoms with E-state index in [1.165, 1.54) is 12.1 Å². The van der Waals surface area contributed by atoms with Crippen molar-refractivity contribution in [1.29, 1.82) is 0 Å². The number of hydrogen-bond acceptors (Lipinski definition) is 10. The number of nitrogens with one attached hydrogen (secondary N) is 4. The Balaban J connectivity index is 2.44. The quantitative estimate of drug-likeness (QED) is 0.0713. The number of amides is 4. The zero-order valence-corrected chi connectivity index (χ0v) is 30.5. The molecular formula is C37H59N7O8. The summed E-state index contributed by atoms with van der Waals surface area (Å²) in [6.45, 7) is 4.58. The Bertz CT molecular complexity index is 1350. The first-order valence-corrected chi connectivity index (χ1v) is 18.3. The molecule has 0 bridgehead atoms. The summed E-state index contributed by atoms with van der Waals surface area (Å²) in [5, 5.41) is 30.6. The summed E-state index contributed by atoms with van der Waals surface area (Å²) in [5.41, 5.74) is 18.0. The second-order valence-electron chi connectivity index (χ2n) is 13.9. The van der Waals surface area contributed by atoms with Crippen molar-refractivity contribution in [2.75, 3.05) is 13.1 Å². The molecule has 52 heavy (non-hydrogen) atoms. The Morgan fingerprint density at radius 3 is 1.98 bits per heavy atom. The number of phenolic OH excluding ortho intramolecular Hbond substituents is 1. The number of carbonyl (C=O) groups excluding carboxylic acids is 5. The van der Waals surface area contributed by atoms with E-state index >= 15 is 0 Å². The summed E-state index contributed by atoms with van der Waals surface area (Å²) in [7, 11) is 0. The van der Waals surface area contributed by atoms with Crippen LogP contribution in [0.3, 0.4) is 0 Å². The Morgan fingerprint density at radius 1 is 0.827 bits per heavy atom. The minimum atomic E-state index is -1.21. The Morgan fingerprint density at radius 2 is 1.38 bits per heavy atom. The number of aromatic hydroxyl groups is 1. The van der Waals surface area contributed by atoms with E-state index in [9.17, 15) is 39.0 Å². The van der Waals surface area contributed by atoms with E-state index in [2.05, 4.69) is 21.3 Å². The van der Waals surface area contributed by atoms with Crippen molar-refractivity contribution in [2.45, 2.75) is 121 Å². The van der Waals surface area contributed by atoms with Gasteiger partial charge in [0.05, 0.1) is 18.0 Å². The first kappa shape index (κ1) is 43.8. The van der Waals surface area contributed by atoms with Gasteiger partial charge in [0.2, 0.25) is 23.6 Å². The van der Waals surface area contributed by atoms with Crippen LogP contribution >= 0.6 is 0 Å². The van der Waals surface area contributed by atoms with Crippen LogP contribution in [0.5, 0.6) is 5.75 Å². The van der Waals surface area contributed by atoms with Crippen molar-refractivity contribution in [3.63, 3.8) is 0 Å². The molecule has 1 aromatic carbocycles. The zero-order chi connectivity index (χ0) is 38.6. The Labute approximate surface area is 306 Å². The molecule has 0 aromatic heterocycles. The third-order valence-electron chi connectivity index (χ3n) is 8.94. The van der Waals surface area contributed by atoms with E-state index in [4.69, 9.17) is 17.2 Å². The lowest BCUT2D eigenvalue weighted by Gasteiger charge is -2.27. The summed E-state index contributed by atoms with van der Waals surface area (Å²) < 4.78 is 0. The molecule has 0 saturated heterocycles. The summed E-state index contributed by atoms with van der Waals surface area (Å²) in [6.07, 6.45) is 6.86. The fourth-order valence-corrected chi connectivity index (χ4v) is 5.95. The number of ketones is 1. The average Bonchev–Trinajstić information content (AvgIpc) is 3.09. The van der Waals surface area contributed by atoms with E-state index in [1.807, 2.05) is 13.8 Å². The number of benzene rings is 1. The number of hydrogen-bond donors (Lipinski definition) is 9. The van der Waals surface area contributed by atoms with Gasteiger partial charge in [-0.15, -0.1) is 0 Å². The van der Waals surface area contributed by atoms with Gasteiger partial charge in [-0.3, -0.25) is 28.8 Å². The number of carbonyl (C=O) groups is 6. The molecule has 0 fully saturated rings. The van der Waals surface area contributed by atoms with Crippen LogP contribution in [-0.2, 0) is 35.2 Å². The first-order valence-electron chi connectivity index (χ1n) is 18.3. The minimum Gasteiger partial charge on any atom is -0.508 e. The van der Waals surface area contributed by atoms with Gasteiger partial charge in [0.25, 0.3) is 0 Å². The molecule has 0 unspecified atom stereocenters. The van der Waals surface area contributed by atoms with Gasteiger partial charge in [-0.1, -0.05) is 51.0 Å². The predicted octanol–water partition coefficient (Wildman–Crippen LogP) is 0.905. The number of nitrogens with two attached hydrogens (primary N) is 3. The molecule has 15 nitrogen and oxygen atoms in total. The van der Waals surface area contributed by atoms with Gasteiger partial charge in [0, 0.05) is 6.42 Å². The maximum atomic E-state index is 14.0. The third kappa shape index (κ3) is 15.9. The molecule has 1 heterocycles. The third-order valence-corrected chi connectivity index (χ3v) is 8.94. The van der Waals surface area contributed by atoms with Crippen LogP contribution in [-0.4, -0.2) is 88.9 Å². The number of unbranched alkanes of at least 4 members (excludes halogenated alkanes) is 3. The van der Waals surface area contributed by atoms with Crippen molar-refractivity contribution in [2.24, 2.45) is 29.0 Å². The van der Waals surface area contributed by atoms with Crippen LogP contribution in [0.25, 0.3) is 0 Å². The molecule has 0 aliphatic carbocycles. The van der Waals surface area contributed by atoms with Crippen molar-refractivity contribution in [3.05, 3.63) is 42.0 Å². The minimum absolute atomic E-state index is 0.00467. The van der Waals surface area contributed by atoms with E-state index in [0.29, 0.717) is 50.8 Å². The van der Waals surface area contributed by atoms with Gasteiger partial charge in [-0.2, -0.15) is 0 Å². The SMILES string of the molecule is CC(C)C[C@H](CC(=O)[C@H](Cc1ccc(O)cc1)NC(=O)[C@@H]1CC=CC[C@H](N)C(=O)N[C@@H](CCCCN)C(=O)N[C@@H](CCCCCN)C(=O)N1)C(=O)O. The lowest BCUT2D eigenvalue weighted by Crippen LogP contribution is -2.58. The molecule has 0 radical (unpaired) electrons. The molecule has 2 rings (SSSR count). The van der Waals surface area contributed by atoms with Gasteiger partial charge >= 0.3 is 5.97 Å². The number of Topliss-reactive ketones (excluding diaryl/α,β-unsaturated/α-hetero) is 1. The summed E-state index contributed by atoms with van der Waals surface area (Å²) in [4.78, 5) is 80.0. The Hall–Kier alpha value is -4.34. The second kappa shape index (κ2) is 23.3. The molecule has 1 aliphatic heterocycles. The second-order valence-corrected chi connectivity index (χ2v) is 13.9. The normalized spacial score (nSPS) is 21.3. The van der Waals surface area contributed by atoms with Crippen LogP contribution in [0, 0.1) is 11.8 Å². The summed E-state index contributed by atoms with van der Waals surface area (Å²) in [6, 6.07) is 0.697. The van der Waals surface area contributed by atoms with Crippen molar-refractivity contribution in [3.8, 4) is 5.75 Å². The molecule has 15 heteroatoms. The molecule has 12 N–H and O–H groups in total. The van der Waals surface area contributed by atoms with Gasteiger partial charge < -0.3 is 48.7 Å². The van der Waals surface area contributed by atoms with Crippen molar-refractivity contribution < 1.29 is 39.0 Å². The van der Waals surface area contributed by atoms with Crippen LogP contribution in [0.4, 0.5) is 0 Å². The van der Waals surface area contributed by atoms with Crippen molar-refractivity contribution >= 4 is 35.4 Å². The highest BCUT2D eigenvalue weighted by molar-refractivity contribution is 5.96. The number of phenols is 1. The van der Waals surface area contributed by atoms with Crippen LogP contribution in [0.1, 0.15) is 90.0 Å². The number of rotatable bonds is 19. The zero-order valence-electron chi connectivity index (χ0n) is 30.5. The highest BCUT2D eigenvalue weighted by Gasteiger charge is 2.33. The first-order chi connectivity index (χ1) is 24.7. The molecule has 0 saturated carbocycles. The lowest BCUT2D eigenvalue weighted by atomic mass is 9.89. The molecule has 0 spiro atoms. The average molecular weight is 730 g/mol. The van der Waals surface area contributed by atoms with Gasteiger partial charge in [0.15, 0.2) is 5.78 Å². The monoisotopic (exact) mass is 729 g/mol. The topological polar surface area (TPSA) is 269 Å². The number of carboxylic acid groups (broad SMARTS) is 1. The maximum absolute atomic E-state index is 14.0. The van der Waals surface area contributed by atoms with E-state index in [0.717, 1.165) is 0 Å². The molecular weight excluding hydrogens is 670 g/mol. The van der Waals surface area contributed by atoms with Gasteiger partial charge in [0.1, 0.15) is 23.9 Å². The standard InChI is InChI=1S/C37H59N7O8/c1-23(2)20-25(37(51)52)22-32(46)31(21-24-14-16-26(45)17-15-24)44-36(50)30-12-6-5-10-27(40)33(47)41-28(13-7-9-19-39)34(48)42-29(35(49)43-30)11-4-3-8-18-38/h5-6,14-17,23,25,27-31,45H,3-4,7-13,18-22,38-40H2,1-2H3,(H,41,47)(H,42,48)(H,43,49)(H,44,50)(H,51,52)/t25-,27+,28+,29+,30+,31+/m1/s1. The summed E-state index contributed by atoms with van der Waals surface area (Å²) in [5.74, 6) is -5.00. The molecule has 290 valence electrons. The highest BCUT2D eigenvalue weighted by atomic mass is 16.4. The predicted molar refractivity (Wildman–Crippen MR) is 197 cm³/mol. The van der Waals surface area contributed by atoms with Crippen LogP contribution in [0.15, 0.2) is 36.4 Å². The van der Waals surface area contributed by atoms with Crippen molar-refractivity contribution in [1.82, 2.24) is 21.3 Å². The largest absolute Gasteiger partial charge is 0.508 e. The fraction of sp³-hybridized carbons (Fsp3) is 0.622. The Kier molecular flexibility index (Phi) is 19.6. The highest BCUT2D eigenvalue weighted by Crippen LogP contribution is 2.19. The number of aliphatic carboxylic acids is 1. The van der Waals surface area contributed by atoms with E-state index < -0.39 is 71.5 Å². The maximum Gasteiger partial charge on any atom is 0.306 e. The molecule has 1 aromatic rings. The molecule has 1 aliphatic rings. The lowest BCUT2D eigenvalue weighted by molar-refractivity contribution is -0.144. The van der Waals surface area contributed by atoms with E-state index in [-0.39, 0.29) is 56.6 Å².